The molecule has 100 valence electrons. The predicted octanol–water partition coefficient (Wildman–Crippen LogP) is 2.98. The van der Waals surface area contributed by atoms with Crippen LogP contribution in [0.1, 0.15) is 30.1 Å². The van der Waals surface area contributed by atoms with Crippen LogP contribution in [0.4, 0.5) is 5.69 Å². The molecule has 0 radical (unpaired) electrons. The highest BCUT2D eigenvalue weighted by molar-refractivity contribution is 5.94. The van der Waals surface area contributed by atoms with Crippen molar-refractivity contribution in [3.8, 4) is 0 Å². The van der Waals surface area contributed by atoms with Gasteiger partial charge in [0.2, 0.25) is 0 Å². The number of hydrogen-bond acceptors (Lipinski definition) is 3. The number of nitrogens with zero attached hydrogens (tertiary/aromatic N) is 2. The Morgan fingerprint density at radius 3 is 2.68 bits per heavy atom. The lowest BCUT2D eigenvalue weighted by Crippen LogP contribution is -2.04. The summed E-state index contributed by atoms with van der Waals surface area (Å²) in [6.45, 7) is 3.53. The molecule has 0 saturated carbocycles. The van der Waals surface area contributed by atoms with Gasteiger partial charge in [0.05, 0.1) is 6.33 Å². The molecule has 1 aromatic heterocycles. The lowest BCUT2D eigenvalue weighted by Gasteiger charge is -2.07. The lowest BCUT2D eigenvalue weighted by atomic mass is 10.1. The van der Waals surface area contributed by atoms with Crippen molar-refractivity contribution in [2.45, 2.75) is 26.3 Å². The largest absolute Gasteiger partial charge is 0.385 e. The Kier molecular flexibility index (Phi) is 4.72. The van der Waals surface area contributed by atoms with Crippen molar-refractivity contribution in [1.82, 2.24) is 9.55 Å². The van der Waals surface area contributed by atoms with Crippen molar-refractivity contribution in [2.75, 3.05) is 11.9 Å². The van der Waals surface area contributed by atoms with Crippen molar-refractivity contribution >= 4 is 11.5 Å². The first kappa shape index (κ1) is 13.3. The Balaban J connectivity index is 1.66. The van der Waals surface area contributed by atoms with Crippen molar-refractivity contribution in [2.24, 2.45) is 0 Å². The predicted molar refractivity (Wildman–Crippen MR) is 76.4 cm³/mol. The van der Waals surface area contributed by atoms with E-state index in [-0.39, 0.29) is 5.78 Å². The second kappa shape index (κ2) is 6.73. The molecule has 0 aliphatic carbocycles. The molecular formula is C15H19N3O. The molecule has 0 unspecified atom stereocenters. The molecule has 0 aliphatic heterocycles. The number of anilines is 1. The maximum absolute atomic E-state index is 11.1. The van der Waals surface area contributed by atoms with Crippen LogP contribution in [0.2, 0.25) is 0 Å². The Morgan fingerprint density at radius 2 is 2.05 bits per heavy atom. The molecule has 0 amide bonds. The number of aryl methyl sites for hydroxylation is 1. The number of carbonyl (C=O) groups is 1. The maximum Gasteiger partial charge on any atom is 0.159 e. The average molecular weight is 257 g/mol. The number of benzene rings is 1. The summed E-state index contributed by atoms with van der Waals surface area (Å²) in [7, 11) is 0. The summed E-state index contributed by atoms with van der Waals surface area (Å²) in [5, 5.41) is 3.35. The van der Waals surface area contributed by atoms with Gasteiger partial charge < -0.3 is 9.88 Å². The van der Waals surface area contributed by atoms with Crippen LogP contribution in [-0.4, -0.2) is 21.9 Å². The van der Waals surface area contributed by atoms with Crippen LogP contribution in [0.25, 0.3) is 0 Å². The number of carbonyl (C=O) groups excluding carboxylic acids is 1. The van der Waals surface area contributed by atoms with Gasteiger partial charge in [-0.05, 0) is 44.0 Å². The van der Waals surface area contributed by atoms with E-state index in [0.29, 0.717) is 0 Å². The number of rotatable bonds is 7. The highest BCUT2D eigenvalue weighted by atomic mass is 16.1. The molecule has 4 nitrogen and oxygen atoms in total. The molecule has 1 aromatic carbocycles. The summed E-state index contributed by atoms with van der Waals surface area (Å²) in [6, 6.07) is 7.62. The fraction of sp³-hybridized carbons (Fsp3) is 0.333. The standard InChI is InChI=1S/C15H19N3O/c1-13(19)14-4-6-15(7-5-14)17-8-2-3-10-18-11-9-16-12-18/h4-7,9,11-12,17H,2-3,8,10H2,1H3. The highest BCUT2D eigenvalue weighted by Gasteiger charge is 1.98. The summed E-state index contributed by atoms with van der Waals surface area (Å²) in [6.07, 6.45) is 7.85. The fourth-order valence-electron chi connectivity index (χ4n) is 1.89. The zero-order valence-electron chi connectivity index (χ0n) is 11.2. The minimum Gasteiger partial charge on any atom is -0.385 e. The first-order valence-electron chi connectivity index (χ1n) is 6.56. The number of aromatic nitrogens is 2. The molecule has 2 aromatic rings. The third-order valence-corrected chi connectivity index (χ3v) is 3.02. The Bertz CT molecular complexity index is 503. The van der Waals surface area contributed by atoms with Crippen molar-refractivity contribution in [3.63, 3.8) is 0 Å². The Labute approximate surface area is 113 Å². The topological polar surface area (TPSA) is 46.9 Å². The van der Waals surface area contributed by atoms with Crippen LogP contribution in [0.3, 0.4) is 0 Å². The van der Waals surface area contributed by atoms with Gasteiger partial charge in [0.15, 0.2) is 5.78 Å². The molecule has 1 N–H and O–H groups in total. The van der Waals surface area contributed by atoms with Crippen LogP contribution < -0.4 is 5.32 Å². The van der Waals surface area contributed by atoms with Gasteiger partial charge in [-0.3, -0.25) is 4.79 Å². The van der Waals surface area contributed by atoms with Crippen LogP contribution in [-0.2, 0) is 6.54 Å². The third-order valence-electron chi connectivity index (χ3n) is 3.02. The van der Waals surface area contributed by atoms with E-state index >= 15 is 0 Å². The van der Waals surface area contributed by atoms with Gasteiger partial charge in [-0.2, -0.15) is 0 Å². The zero-order chi connectivity index (χ0) is 13.5. The number of Topliss-reactive ketones (excluding diaryl/α,β-unsaturated/α-hetero) is 1. The fourth-order valence-corrected chi connectivity index (χ4v) is 1.89. The highest BCUT2D eigenvalue weighted by Crippen LogP contribution is 2.10. The van der Waals surface area contributed by atoms with Crippen LogP contribution in [0, 0.1) is 0 Å². The normalized spacial score (nSPS) is 10.4. The summed E-state index contributed by atoms with van der Waals surface area (Å²) in [5.41, 5.74) is 1.82. The molecular weight excluding hydrogens is 238 g/mol. The molecule has 1 heterocycles. The SMILES string of the molecule is CC(=O)c1ccc(NCCCCn2ccnc2)cc1. The van der Waals surface area contributed by atoms with Gasteiger partial charge in [-0.25, -0.2) is 4.98 Å². The summed E-state index contributed by atoms with van der Waals surface area (Å²) in [4.78, 5) is 15.2. The number of nitrogens with one attached hydrogen (secondary N) is 1. The number of unbranched alkanes of at least 4 members (excludes halogenated alkanes) is 1. The zero-order valence-corrected chi connectivity index (χ0v) is 11.2. The summed E-state index contributed by atoms with van der Waals surface area (Å²) >= 11 is 0. The lowest BCUT2D eigenvalue weighted by molar-refractivity contribution is 0.101. The molecule has 2 rings (SSSR count). The van der Waals surface area contributed by atoms with Gasteiger partial charge in [0.25, 0.3) is 0 Å². The monoisotopic (exact) mass is 257 g/mol. The molecule has 0 spiro atoms. The molecule has 4 heteroatoms. The molecule has 0 bridgehead atoms. The van der Waals surface area contributed by atoms with E-state index in [1.54, 1.807) is 13.1 Å². The van der Waals surface area contributed by atoms with E-state index in [4.69, 9.17) is 0 Å². The number of ketones is 1. The van der Waals surface area contributed by atoms with Crippen molar-refractivity contribution in [3.05, 3.63) is 48.5 Å². The molecule has 0 fully saturated rings. The number of hydrogen-bond donors (Lipinski definition) is 1. The van der Waals surface area contributed by atoms with E-state index in [1.165, 1.54) is 0 Å². The minimum absolute atomic E-state index is 0.104. The van der Waals surface area contributed by atoms with Crippen LogP contribution >= 0.6 is 0 Å². The minimum atomic E-state index is 0.104. The quantitative estimate of drug-likeness (QED) is 0.612. The molecule has 0 atom stereocenters. The first-order valence-corrected chi connectivity index (χ1v) is 6.56. The van der Waals surface area contributed by atoms with Crippen molar-refractivity contribution in [1.29, 1.82) is 0 Å². The first-order chi connectivity index (χ1) is 9.25. The summed E-state index contributed by atoms with van der Waals surface area (Å²) < 4.78 is 2.08. The second-order valence-electron chi connectivity index (χ2n) is 4.57. The smallest absolute Gasteiger partial charge is 0.159 e. The molecule has 0 aliphatic rings. The van der Waals surface area contributed by atoms with Gasteiger partial charge in [-0.1, -0.05) is 0 Å². The molecule has 19 heavy (non-hydrogen) atoms. The number of imidazole rings is 1. The van der Waals surface area contributed by atoms with E-state index in [0.717, 1.165) is 37.2 Å². The van der Waals surface area contributed by atoms with Gasteiger partial charge in [-0.15, -0.1) is 0 Å². The average Bonchev–Trinajstić information content (AvgIpc) is 2.92. The Hall–Kier alpha value is -2.10. The van der Waals surface area contributed by atoms with Crippen LogP contribution in [0.15, 0.2) is 43.0 Å². The molecule has 0 saturated heterocycles. The van der Waals surface area contributed by atoms with Crippen LogP contribution in [0.5, 0.6) is 0 Å². The second-order valence-corrected chi connectivity index (χ2v) is 4.57. The van der Waals surface area contributed by atoms with Gasteiger partial charge in [0.1, 0.15) is 0 Å². The van der Waals surface area contributed by atoms with E-state index < -0.39 is 0 Å². The third kappa shape index (κ3) is 4.25. The van der Waals surface area contributed by atoms with Gasteiger partial charge >= 0.3 is 0 Å². The van der Waals surface area contributed by atoms with E-state index in [1.807, 2.05) is 36.8 Å². The maximum atomic E-state index is 11.1. The van der Waals surface area contributed by atoms with E-state index in [9.17, 15) is 4.79 Å². The Morgan fingerprint density at radius 1 is 1.26 bits per heavy atom. The van der Waals surface area contributed by atoms with E-state index in [2.05, 4.69) is 14.9 Å². The summed E-state index contributed by atoms with van der Waals surface area (Å²) in [5.74, 6) is 0.104. The van der Waals surface area contributed by atoms with Crippen molar-refractivity contribution < 1.29 is 4.79 Å². The van der Waals surface area contributed by atoms with Gasteiger partial charge in [0, 0.05) is 36.7 Å².